The van der Waals surface area contributed by atoms with Crippen molar-refractivity contribution in [1.82, 2.24) is 5.32 Å². The molecule has 0 bridgehead atoms. The molecule has 0 spiro atoms. The fourth-order valence-electron chi connectivity index (χ4n) is 1.06. The molecule has 0 aliphatic heterocycles. The largest absolute Gasteiger partial charge is 0.310 e. The highest BCUT2D eigenvalue weighted by molar-refractivity contribution is 5.23. The van der Waals surface area contributed by atoms with Gasteiger partial charge in [0.15, 0.2) is 0 Å². The Morgan fingerprint density at radius 1 is 1.45 bits per heavy atom. The van der Waals surface area contributed by atoms with Crippen LogP contribution in [-0.2, 0) is 0 Å². The molecule has 0 heterocycles. The third-order valence-corrected chi connectivity index (χ3v) is 1.82. The summed E-state index contributed by atoms with van der Waals surface area (Å²) < 4.78 is 0. The van der Waals surface area contributed by atoms with Crippen LogP contribution >= 0.6 is 0 Å². The van der Waals surface area contributed by atoms with Gasteiger partial charge in [0.25, 0.3) is 0 Å². The second-order valence-electron chi connectivity index (χ2n) is 2.79. The Hall–Kier alpha value is -0.820. The summed E-state index contributed by atoms with van der Waals surface area (Å²) in [5.74, 6) is 0. The molecular formula is C10H15N. The van der Waals surface area contributed by atoms with Crippen LogP contribution in [0.5, 0.6) is 0 Å². The van der Waals surface area contributed by atoms with E-state index in [0.717, 1.165) is 6.42 Å². The molecule has 1 aliphatic rings. The lowest BCUT2D eigenvalue weighted by Crippen LogP contribution is -2.19. The van der Waals surface area contributed by atoms with E-state index in [1.807, 2.05) is 7.05 Å². The summed E-state index contributed by atoms with van der Waals surface area (Å²) in [6, 6.07) is 0.402. The summed E-state index contributed by atoms with van der Waals surface area (Å²) >= 11 is 0. The van der Waals surface area contributed by atoms with E-state index >= 15 is 0 Å². The molecule has 0 fully saturated rings. The lowest BCUT2D eigenvalue weighted by Gasteiger charge is -2.06. The fourth-order valence-corrected chi connectivity index (χ4v) is 1.06. The Morgan fingerprint density at radius 3 is 3.00 bits per heavy atom. The maximum atomic E-state index is 3.19. The Labute approximate surface area is 68.5 Å². The van der Waals surface area contributed by atoms with Crippen molar-refractivity contribution in [3.8, 4) is 0 Å². The number of allylic oxidation sites excluding steroid dienone is 4. The van der Waals surface area contributed by atoms with Gasteiger partial charge in [-0.15, -0.1) is 0 Å². The van der Waals surface area contributed by atoms with Crippen molar-refractivity contribution in [2.75, 3.05) is 7.05 Å². The van der Waals surface area contributed by atoms with Crippen molar-refractivity contribution in [2.45, 2.75) is 19.4 Å². The molecule has 1 unspecified atom stereocenters. The van der Waals surface area contributed by atoms with Crippen LogP contribution in [0.2, 0.25) is 0 Å². The van der Waals surface area contributed by atoms with Gasteiger partial charge >= 0.3 is 0 Å². The van der Waals surface area contributed by atoms with Gasteiger partial charge in [0.2, 0.25) is 0 Å². The predicted octanol–water partition coefficient (Wildman–Crippen LogP) is 2.04. The minimum absolute atomic E-state index is 0.402. The lowest BCUT2D eigenvalue weighted by molar-refractivity contribution is 0.786. The first kappa shape index (κ1) is 8.28. The van der Waals surface area contributed by atoms with E-state index in [0.29, 0.717) is 6.04 Å². The number of hydrogen-bond acceptors (Lipinski definition) is 1. The van der Waals surface area contributed by atoms with E-state index in [4.69, 9.17) is 0 Å². The molecule has 11 heavy (non-hydrogen) atoms. The molecule has 0 amide bonds. The minimum atomic E-state index is 0.402. The molecule has 0 radical (unpaired) electrons. The van der Waals surface area contributed by atoms with Gasteiger partial charge in [-0.25, -0.2) is 0 Å². The summed E-state index contributed by atoms with van der Waals surface area (Å²) in [7, 11) is 1.97. The van der Waals surface area contributed by atoms with Crippen LogP contribution in [0.15, 0.2) is 36.0 Å². The standard InChI is InChI=1S/C10H15N/c1-9-5-3-4-6-10(11-2)8-7-9/h4-8,10-11H,3H2,1-2H3/b6-4-,8-7-,9-5-. The van der Waals surface area contributed by atoms with Crippen LogP contribution in [-0.4, -0.2) is 13.1 Å². The number of nitrogens with one attached hydrogen (secondary N) is 1. The van der Waals surface area contributed by atoms with Crippen LogP contribution in [0.25, 0.3) is 0 Å². The SMILES string of the molecule is CNC1/C=C\C/C=C(C)\C=C/1. The molecule has 0 aromatic carbocycles. The maximum absolute atomic E-state index is 3.19. The molecule has 0 aromatic rings. The number of rotatable bonds is 1. The molecule has 60 valence electrons. The lowest BCUT2D eigenvalue weighted by atomic mass is 10.1. The van der Waals surface area contributed by atoms with E-state index in [1.54, 1.807) is 0 Å². The Bertz CT molecular complexity index is 199. The van der Waals surface area contributed by atoms with E-state index < -0.39 is 0 Å². The molecule has 1 nitrogen and oxygen atoms in total. The van der Waals surface area contributed by atoms with Crippen molar-refractivity contribution >= 4 is 0 Å². The Kier molecular flexibility index (Phi) is 3.12. The summed E-state index contributed by atoms with van der Waals surface area (Å²) in [4.78, 5) is 0. The molecule has 1 rings (SSSR count). The van der Waals surface area contributed by atoms with Crippen molar-refractivity contribution < 1.29 is 0 Å². The summed E-state index contributed by atoms with van der Waals surface area (Å²) in [6.45, 7) is 2.13. The molecule has 0 aromatic heterocycles. The van der Waals surface area contributed by atoms with Gasteiger partial charge in [-0.05, 0) is 20.4 Å². The van der Waals surface area contributed by atoms with Crippen LogP contribution in [0.3, 0.4) is 0 Å². The van der Waals surface area contributed by atoms with Crippen LogP contribution < -0.4 is 5.32 Å². The van der Waals surface area contributed by atoms with E-state index in [1.165, 1.54) is 5.57 Å². The van der Waals surface area contributed by atoms with E-state index in [2.05, 4.69) is 42.6 Å². The first-order valence-electron chi connectivity index (χ1n) is 4.02. The first-order valence-corrected chi connectivity index (χ1v) is 4.02. The third kappa shape index (κ3) is 2.72. The zero-order valence-electron chi connectivity index (χ0n) is 7.17. The van der Waals surface area contributed by atoms with E-state index in [9.17, 15) is 0 Å². The molecule has 1 aliphatic carbocycles. The average molecular weight is 149 g/mol. The summed E-state index contributed by atoms with van der Waals surface area (Å²) in [6.07, 6.45) is 12.0. The maximum Gasteiger partial charge on any atom is 0.0436 e. The van der Waals surface area contributed by atoms with Crippen LogP contribution in [0.1, 0.15) is 13.3 Å². The van der Waals surface area contributed by atoms with Gasteiger partial charge in [-0.1, -0.05) is 36.0 Å². The van der Waals surface area contributed by atoms with Crippen molar-refractivity contribution in [3.05, 3.63) is 36.0 Å². The average Bonchev–Trinajstić information content (AvgIpc) is 1.98. The van der Waals surface area contributed by atoms with Crippen molar-refractivity contribution in [3.63, 3.8) is 0 Å². The smallest absolute Gasteiger partial charge is 0.0436 e. The monoisotopic (exact) mass is 149 g/mol. The second kappa shape index (κ2) is 4.14. The summed E-state index contributed by atoms with van der Waals surface area (Å²) in [5, 5.41) is 3.19. The topological polar surface area (TPSA) is 12.0 Å². The van der Waals surface area contributed by atoms with Gasteiger partial charge in [-0.2, -0.15) is 0 Å². The molecule has 1 heteroatoms. The summed E-state index contributed by atoms with van der Waals surface area (Å²) in [5.41, 5.74) is 1.34. The quantitative estimate of drug-likeness (QED) is 0.562. The number of hydrogen-bond donors (Lipinski definition) is 1. The molecule has 0 saturated carbocycles. The first-order chi connectivity index (χ1) is 5.33. The number of likely N-dealkylation sites (N-methyl/N-ethyl adjacent to an activating group) is 1. The van der Waals surface area contributed by atoms with Gasteiger partial charge in [0, 0.05) is 6.04 Å². The molecule has 0 saturated heterocycles. The van der Waals surface area contributed by atoms with Crippen LogP contribution in [0, 0.1) is 0 Å². The predicted molar refractivity (Wildman–Crippen MR) is 49.5 cm³/mol. The Balaban J connectivity index is 2.68. The zero-order valence-corrected chi connectivity index (χ0v) is 7.17. The van der Waals surface area contributed by atoms with Gasteiger partial charge in [0.05, 0.1) is 0 Å². The highest BCUT2D eigenvalue weighted by Gasteiger charge is 1.95. The molecular weight excluding hydrogens is 134 g/mol. The third-order valence-electron chi connectivity index (χ3n) is 1.82. The van der Waals surface area contributed by atoms with Crippen molar-refractivity contribution in [1.29, 1.82) is 0 Å². The molecule has 1 atom stereocenters. The second-order valence-corrected chi connectivity index (χ2v) is 2.79. The normalized spacial score (nSPS) is 34.7. The van der Waals surface area contributed by atoms with E-state index in [-0.39, 0.29) is 0 Å². The highest BCUT2D eigenvalue weighted by Crippen LogP contribution is 2.04. The van der Waals surface area contributed by atoms with Gasteiger partial charge < -0.3 is 5.32 Å². The zero-order chi connectivity index (χ0) is 8.10. The van der Waals surface area contributed by atoms with Crippen molar-refractivity contribution in [2.24, 2.45) is 0 Å². The van der Waals surface area contributed by atoms with Crippen LogP contribution in [0.4, 0.5) is 0 Å². The van der Waals surface area contributed by atoms with Gasteiger partial charge in [0.1, 0.15) is 0 Å². The minimum Gasteiger partial charge on any atom is -0.310 e. The van der Waals surface area contributed by atoms with Gasteiger partial charge in [-0.3, -0.25) is 0 Å². The highest BCUT2D eigenvalue weighted by atomic mass is 14.8. The Morgan fingerprint density at radius 2 is 2.27 bits per heavy atom. The fraction of sp³-hybridized carbons (Fsp3) is 0.400. The molecule has 1 N–H and O–H groups in total.